The van der Waals surface area contributed by atoms with E-state index in [0.29, 0.717) is 5.75 Å². The molecule has 6 heteroatoms. The number of thioether (sulfide) groups is 1. The van der Waals surface area contributed by atoms with Gasteiger partial charge in [0.05, 0.1) is 11.4 Å². The van der Waals surface area contributed by atoms with Crippen LogP contribution in [0.2, 0.25) is 0 Å². The molecule has 0 unspecified atom stereocenters. The standard InChI is InChI=1S/C26H32N4OS/c1-19-10-6-7-11-22(19)30-24(20-12-14-21(15-13-20)26(2,3)4)27-28-25(30)32-18-23(31)29-16-8-5-9-17-29/h6-7,10-15H,5,8-9,16-18H2,1-4H3. The molecular weight excluding hydrogens is 416 g/mol. The van der Waals surface area contributed by atoms with Gasteiger partial charge in [-0.3, -0.25) is 9.36 Å². The molecule has 0 bridgehead atoms. The van der Waals surface area contributed by atoms with E-state index in [0.717, 1.165) is 53.7 Å². The van der Waals surface area contributed by atoms with Gasteiger partial charge in [-0.1, -0.05) is 75.0 Å². The first-order chi connectivity index (χ1) is 15.3. The number of likely N-dealkylation sites (tertiary alicyclic amines) is 1. The van der Waals surface area contributed by atoms with Gasteiger partial charge >= 0.3 is 0 Å². The van der Waals surface area contributed by atoms with E-state index < -0.39 is 0 Å². The summed E-state index contributed by atoms with van der Waals surface area (Å²) in [6, 6.07) is 16.8. The fourth-order valence-electron chi connectivity index (χ4n) is 4.06. The molecule has 1 aliphatic heterocycles. The predicted octanol–water partition coefficient (Wildman–Crippen LogP) is 5.64. The monoisotopic (exact) mass is 448 g/mol. The van der Waals surface area contributed by atoms with Gasteiger partial charge in [0, 0.05) is 18.7 Å². The number of amides is 1. The topological polar surface area (TPSA) is 51.0 Å². The van der Waals surface area contributed by atoms with E-state index in [1.165, 1.54) is 23.7 Å². The summed E-state index contributed by atoms with van der Waals surface area (Å²) in [5.41, 5.74) is 4.58. The number of rotatable bonds is 5. The summed E-state index contributed by atoms with van der Waals surface area (Å²) in [7, 11) is 0. The molecule has 3 aromatic rings. The summed E-state index contributed by atoms with van der Waals surface area (Å²) in [6.45, 7) is 10.5. The Morgan fingerprint density at radius 2 is 1.66 bits per heavy atom. The maximum Gasteiger partial charge on any atom is 0.233 e. The minimum Gasteiger partial charge on any atom is -0.342 e. The lowest BCUT2D eigenvalue weighted by molar-refractivity contribution is -0.129. The highest BCUT2D eigenvalue weighted by Crippen LogP contribution is 2.31. The van der Waals surface area contributed by atoms with Crippen molar-refractivity contribution in [2.45, 2.75) is 57.5 Å². The number of nitrogens with zero attached hydrogens (tertiary/aromatic N) is 4. The zero-order chi connectivity index (χ0) is 22.7. The number of piperidine rings is 1. The highest BCUT2D eigenvalue weighted by atomic mass is 32.2. The molecular formula is C26H32N4OS. The number of aryl methyl sites for hydroxylation is 1. The third-order valence-electron chi connectivity index (χ3n) is 6.03. The van der Waals surface area contributed by atoms with Crippen molar-refractivity contribution in [3.8, 4) is 17.1 Å². The Labute approximate surface area is 195 Å². The average molecular weight is 449 g/mol. The molecule has 32 heavy (non-hydrogen) atoms. The van der Waals surface area contributed by atoms with E-state index in [9.17, 15) is 4.79 Å². The van der Waals surface area contributed by atoms with Crippen LogP contribution in [0.1, 0.15) is 51.2 Å². The molecule has 0 spiro atoms. The number of hydrogen-bond donors (Lipinski definition) is 0. The van der Waals surface area contributed by atoms with Crippen molar-refractivity contribution in [2.24, 2.45) is 0 Å². The van der Waals surface area contributed by atoms with Gasteiger partial charge in [0.15, 0.2) is 11.0 Å². The molecule has 0 N–H and O–H groups in total. The van der Waals surface area contributed by atoms with Gasteiger partial charge in [0.25, 0.3) is 0 Å². The number of para-hydroxylation sites is 1. The molecule has 0 aliphatic carbocycles. The average Bonchev–Trinajstić information content (AvgIpc) is 3.21. The van der Waals surface area contributed by atoms with E-state index in [1.54, 1.807) is 0 Å². The molecule has 168 valence electrons. The lowest BCUT2D eigenvalue weighted by Crippen LogP contribution is -2.36. The predicted molar refractivity (Wildman–Crippen MR) is 131 cm³/mol. The fraction of sp³-hybridized carbons (Fsp3) is 0.423. The molecule has 1 aliphatic rings. The van der Waals surface area contributed by atoms with Gasteiger partial charge in [-0.25, -0.2) is 0 Å². The molecule has 0 saturated carbocycles. The molecule has 4 rings (SSSR count). The van der Waals surface area contributed by atoms with Crippen molar-refractivity contribution in [2.75, 3.05) is 18.8 Å². The smallest absolute Gasteiger partial charge is 0.233 e. The Morgan fingerprint density at radius 1 is 0.969 bits per heavy atom. The summed E-state index contributed by atoms with van der Waals surface area (Å²) < 4.78 is 2.09. The summed E-state index contributed by atoms with van der Waals surface area (Å²) in [5, 5.41) is 9.81. The van der Waals surface area contributed by atoms with Gasteiger partial charge in [-0.2, -0.15) is 0 Å². The number of carbonyl (C=O) groups excluding carboxylic acids is 1. The first-order valence-corrected chi connectivity index (χ1v) is 12.4. The summed E-state index contributed by atoms with van der Waals surface area (Å²) in [5.74, 6) is 1.37. The van der Waals surface area contributed by atoms with Crippen LogP contribution in [0.15, 0.2) is 53.7 Å². The molecule has 1 saturated heterocycles. The zero-order valence-electron chi connectivity index (χ0n) is 19.5. The van der Waals surface area contributed by atoms with Crippen LogP contribution >= 0.6 is 11.8 Å². The maximum absolute atomic E-state index is 12.7. The highest BCUT2D eigenvalue weighted by Gasteiger charge is 2.22. The molecule has 1 amide bonds. The molecule has 0 atom stereocenters. The third kappa shape index (κ3) is 4.90. The number of benzene rings is 2. The van der Waals surface area contributed by atoms with Crippen molar-refractivity contribution in [3.63, 3.8) is 0 Å². The van der Waals surface area contributed by atoms with Gasteiger partial charge < -0.3 is 4.90 Å². The number of hydrogen-bond acceptors (Lipinski definition) is 4. The van der Waals surface area contributed by atoms with Crippen LogP contribution in [0.3, 0.4) is 0 Å². The van der Waals surface area contributed by atoms with Crippen molar-refractivity contribution < 1.29 is 4.79 Å². The zero-order valence-corrected chi connectivity index (χ0v) is 20.3. The molecule has 2 heterocycles. The van der Waals surface area contributed by atoms with Crippen LogP contribution in [-0.2, 0) is 10.2 Å². The van der Waals surface area contributed by atoms with Gasteiger partial charge in [-0.05, 0) is 48.8 Å². The normalized spacial score (nSPS) is 14.6. The first kappa shape index (κ1) is 22.6. The maximum atomic E-state index is 12.7. The SMILES string of the molecule is Cc1ccccc1-n1c(SCC(=O)N2CCCCC2)nnc1-c1ccc(C(C)(C)C)cc1. The van der Waals surface area contributed by atoms with Gasteiger partial charge in [0.1, 0.15) is 0 Å². The summed E-state index contributed by atoms with van der Waals surface area (Å²) in [4.78, 5) is 14.7. The van der Waals surface area contributed by atoms with E-state index in [-0.39, 0.29) is 11.3 Å². The fourth-order valence-corrected chi connectivity index (χ4v) is 4.91. The minimum absolute atomic E-state index is 0.0953. The van der Waals surface area contributed by atoms with E-state index in [1.807, 2.05) is 17.0 Å². The Bertz CT molecular complexity index is 1080. The molecule has 5 nitrogen and oxygen atoms in total. The highest BCUT2D eigenvalue weighted by molar-refractivity contribution is 7.99. The Balaban J connectivity index is 1.66. The van der Waals surface area contributed by atoms with Crippen LogP contribution in [0, 0.1) is 6.92 Å². The van der Waals surface area contributed by atoms with Crippen LogP contribution in [0.25, 0.3) is 17.1 Å². The number of aromatic nitrogens is 3. The van der Waals surface area contributed by atoms with Crippen LogP contribution in [0.4, 0.5) is 0 Å². The quantitative estimate of drug-likeness (QED) is 0.474. The Kier molecular flexibility index (Phi) is 6.70. The second kappa shape index (κ2) is 9.49. The van der Waals surface area contributed by atoms with Gasteiger partial charge in [-0.15, -0.1) is 10.2 Å². The minimum atomic E-state index is 0.0953. The van der Waals surface area contributed by atoms with Crippen LogP contribution in [-0.4, -0.2) is 44.4 Å². The lowest BCUT2D eigenvalue weighted by atomic mass is 9.87. The van der Waals surface area contributed by atoms with Crippen LogP contribution < -0.4 is 0 Å². The van der Waals surface area contributed by atoms with E-state index in [4.69, 9.17) is 0 Å². The van der Waals surface area contributed by atoms with Gasteiger partial charge in [0.2, 0.25) is 5.91 Å². The van der Waals surface area contributed by atoms with Crippen molar-refractivity contribution in [1.29, 1.82) is 0 Å². The van der Waals surface area contributed by atoms with Crippen molar-refractivity contribution in [3.05, 3.63) is 59.7 Å². The first-order valence-electron chi connectivity index (χ1n) is 11.4. The Hall–Kier alpha value is -2.60. The lowest BCUT2D eigenvalue weighted by Gasteiger charge is -2.26. The third-order valence-corrected chi connectivity index (χ3v) is 6.95. The number of carbonyl (C=O) groups is 1. The van der Waals surface area contributed by atoms with E-state index in [2.05, 4.69) is 78.9 Å². The molecule has 1 aromatic heterocycles. The largest absolute Gasteiger partial charge is 0.342 e. The van der Waals surface area contributed by atoms with Crippen LogP contribution in [0.5, 0.6) is 0 Å². The van der Waals surface area contributed by atoms with Crippen molar-refractivity contribution >= 4 is 17.7 Å². The molecule has 0 radical (unpaired) electrons. The molecule has 1 fully saturated rings. The Morgan fingerprint density at radius 3 is 2.31 bits per heavy atom. The second-order valence-corrected chi connectivity index (χ2v) is 10.4. The van der Waals surface area contributed by atoms with Crippen molar-refractivity contribution in [1.82, 2.24) is 19.7 Å². The second-order valence-electron chi connectivity index (χ2n) is 9.49. The summed E-state index contributed by atoms with van der Waals surface area (Å²) in [6.07, 6.45) is 3.42. The summed E-state index contributed by atoms with van der Waals surface area (Å²) >= 11 is 1.47. The van der Waals surface area contributed by atoms with E-state index >= 15 is 0 Å². The molecule has 2 aromatic carbocycles.